The summed E-state index contributed by atoms with van der Waals surface area (Å²) in [6.07, 6.45) is 1.90. The van der Waals surface area contributed by atoms with Crippen molar-refractivity contribution in [3.05, 3.63) is 16.0 Å². The van der Waals surface area contributed by atoms with Gasteiger partial charge in [-0.1, -0.05) is 34.6 Å². The van der Waals surface area contributed by atoms with Crippen molar-refractivity contribution >= 4 is 5.69 Å². The third-order valence-electron chi connectivity index (χ3n) is 3.51. The van der Waals surface area contributed by atoms with Gasteiger partial charge in [0, 0.05) is 12.0 Å². The molecule has 0 saturated carbocycles. The maximum atomic E-state index is 12.4. The van der Waals surface area contributed by atoms with Gasteiger partial charge >= 0.3 is 0 Å². The van der Waals surface area contributed by atoms with E-state index in [2.05, 4.69) is 46.2 Å². The summed E-state index contributed by atoms with van der Waals surface area (Å²) >= 11 is 0. The van der Waals surface area contributed by atoms with Gasteiger partial charge in [-0.2, -0.15) is 0 Å². The van der Waals surface area contributed by atoms with Gasteiger partial charge in [-0.25, -0.2) is 4.68 Å². The van der Waals surface area contributed by atoms with Crippen molar-refractivity contribution in [1.29, 1.82) is 0 Å². The van der Waals surface area contributed by atoms with Gasteiger partial charge in [0.1, 0.15) is 5.69 Å². The van der Waals surface area contributed by atoms with E-state index in [0.29, 0.717) is 5.69 Å². The van der Waals surface area contributed by atoms with Crippen molar-refractivity contribution in [3.63, 3.8) is 0 Å². The summed E-state index contributed by atoms with van der Waals surface area (Å²) in [5.41, 5.74) is 7.29. The molecule has 0 bridgehead atoms. The second-order valence-corrected chi connectivity index (χ2v) is 5.85. The maximum absolute atomic E-state index is 12.4. The highest BCUT2D eigenvalue weighted by Crippen LogP contribution is 2.28. The van der Waals surface area contributed by atoms with Crippen LogP contribution in [0.15, 0.2) is 4.79 Å². The summed E-state index contributed by atoms with van der Waals surface area (Å²) in [5.74, 6) is 0. The van der Waals surface area contributed by atoms with Crippen LogP contribution in [0.5, 0.6) is 0 Å². The van der Waals surface area contributed by atoms with Gasteiger partial charge in [0.25, 0.3) is 5.56 Å². The molecular weight excluding hydrogens is 226 g/mol. The fourth-order valence-corrected chi connectivity index (χ4v) is 2.68. The molecular formula is C14H27N3O. The van der Waals surface area contributed by atoms with Crippen LogP contribution < -0.4 is 11.3 Å². The maximum Gasteiger partial charge on any atom is 0.290 e. The van der Waals surface area contributed by atoms with E-state index >= 15 is 0 Å². The molecule has 1 aromatic rings. The molecule has 2 N–H and O–H groups in total. The zero-order valence-electron chi connectivity index (χ0n) is 12.6. The van der Waals surface area contributed by atoms with Crippen LogP contribution in [0.25, 0.3) is 0 Å². The quantitative estimate of drug-likeness (QED) is 0.897. The first kappa shape index (κ1) is 14.9. The van der Waals surface area contributed by atoms with Crippen LogP contribution in [0.2, 0.25) is 0 Å². The average Bonchev–Trinajstić information content (AvgIpc) is 2.54. The predicted octanol–water partition coefficient (Wildman–Crippen LogP) is 2.91. The van der Waals surface area contributed by atoms with Crippen molar-refractivity contribution in [1.82, 2.24) is 9.36 Å². The van der Waals surface area contributed by atoms with Crippen molar-refractivity contribution in [3.8, 4) is 0 Å². The van der Waals surface area contributed by atoms with Crippen LogP contribution in [0, 0.1) is 0 Å². The molecule has 0 saturated heterocycles. The third kappa shape index (κ3) is 2.33. The fourth-order valence-electron chi connectivity index (χ4n) is 2.68. The Morgan fingerprint density at radius 3 is 2.00 bits per heavy atom. The second kappa shape index (κ2) is 5.21. The molecule has 4 nitrogen and oxygen atoms in total. The first-order valence-corrected chi connectivity index (χ1v) is 6.90. The lowest BCUT2D eigenvalue weighted by molar-refractivity contribution is 0.330. The Morgan fingerprint density at radius 2 is 1.67 bits per heavy atom. The summed E-state index contributed by atoms with van der Waals surface area (Å²) in [6, 6.07) is 0.232. The number of nitrogens with two attached hydrogens (primary N) is 1. The topological polar surface area (TPSA) is 52.9 Å². The van der Waals surface area contributed by atoms with Crippen LogP contribution in [-0.4, -0.2) is 9.36 Å². The Hall–Kier alpha value is -1.19. The number of hydrogen-bond acceptors (Lipinski definition) is 2. The minimum absolute atomic E-state index is 0.0320. The zero-order valence-corrected chi connectivity index (χ0v) is 12.6. The average molecular weight is 253 g/mol. The number of rotatable bonds is 4. The Balaban J connectivity index is 3.59. The summed E-state index contributed by atoms with van der Waals surface area (Å²) < 4.78 is 3.92. The van der Waals surface area contributed by atoms with Gasteiger partial charge in [0.05, 0.1) is 11.7 Å². The Kier molecular flexibility index (Phi) is 4.30. The molecule has 0 amide bonds. The monoisotopic (exact) mass is 253 g/mol. The van der Waals surface area contributed by atoms with Crippen LogP contribution in [0.4, 0.5) is 5.69 Å². The van der Waals surface area contributed by atoms with Crippen molar-refractivity contribution in [2.45, 2.75) is 72.4 Å². The first-order chi connectivity index (χ1) is 8.29. The molecule has 104 valence electrons. The molecule has 0 aromatic carbocycles. The van der Waals surface area contributed by atoms with E-state index in [9.17, 15) is 4.79 Å². The van der Waals surface area contributed by atoms with Gasteiger partial charge in [-0.05, 0) is 19.8 Å². The van der Waals surface area contributed by atoms with Crippen LogP contribution in [0.3, 0.4) is 0 Å². The van der Waals surface area contributed by atoms with Crippen LogP contribution >= 0.6 is 0 Å². The second-order valence-electron chi connectivity index (χ2n) is 5.85. The normalized spacial score (nSPS) is 12.4. The first-order valence-electron chi connectivity index (χ1n) is 6.90. The smallest absolute Gasteiger partial charge is 0.290 e. The van der Waals surface area contributed by atoms with E-state index in [0.717, 1.165) is 25.1 Å². The van der Waals surface area contributed by atoms with Crippen molar-refractivity contribution in [2.24, 2.45) is 0 Å². The minimum Gasteiger partial charge on any atom is -0.393 e. The van der Waals surface area contributed by atoms with Gasteiger partial charge in [0.15, 0.2) is 0 Å². The van der Waals surface area contributed by atoms with Crippen molar-refractivity contribution in [2.75, 3.05) is 5.73 Å². The molecule has 0 aliphatic carbocycles. The summed E-state index contributed by atoms with van der Waals surface area (Å²) in [5, 5.41) is 0. The molecule has 0 atom stereocenters. The van der Waals surface area contributed by atoms with E-state index < -0.39 is 0 Å². The van der Waals surface area contributed by atoms with E-state index in [1.54, 1.807) is 0 Å². The number of hydrogen-bond donors (Lipinski definition) is 1. The summed E-state index contributed by atoms with van der Waals surface area (Å²) in [7, 11) is 0. The van der Waals surface area contributed by atoms with E-state index in [-0.39, 0.29) is 17.0 Å². The SMILES string of the molecule is CCC(CC)n1c(=O)c(N)c(C(C)(C)C)n1CC. The zero-order chi connectivity index (χ0) is 14.1. The third-order valence-corrected chi connectivity index (χ3v) is 3.51. The Morgan fingerprint density at radius 1 is 1.17 bits per heavy atom. The summed E-state index contributed by atoms with van der Waals surface area (Å²) in [4.78, 5) is 12.4. The highest BCUT2D eigenvalue weighted by molar-refractivity contribution is 5.45. The molecule has 0 spiro atoms. The molecule has 1 rings (SSSR count). The predicted molar refractivity (Wildman–Crippen MR) is 77.1 cm³/mol. The number of nitrogens with zero attached hydrogens (tertiary/aromatic N) is 2. The van der Waals surface area contributed by atoms with E-state index in [1.165, 1.54) is 0 Å². The van der Waals surface area contributed by atoms with E-state index in [4.69, 9.17) is 5.73 Å². The molecule has 4 heteroatoms. The number of aromatic nitrogens is 2. The molecule has 0 unspecified atom stereocenters. The molecule has 0 aliphatic rings. The molecule has 0 radical (unpaired) electrons. The molecule has 1 heterocycles. The van der Waals surface area contributed by atoms with E-state index in [1.807, 2.05) is 4.68 Å². The lowest BCUT2D eigenvalue weighted by Gasteiger charge is -2.25. The fraction of sp³-hybridized carbons (Fsp3) is 0.786. The lowest BCUT2D eigenvalue weighted by atomic mass is 9.91. The highest BCUT2D eigenvalue weighted by atomic mass is 16.1. The molecule has 0 fully saturated rings. The minimum atomic E-state index is -0.115. The Labute approximate surface area is 110 Å². The summed E-state index contributed by atoms with van der Waals surface area (Å²) in [6.45, 7) is 13.4. The molecule has 0 aliphatic heterocycles. The number of anilines is 1. The molecule has 18 heavy (non-hydrogen) atoms. The Bertz CT molecular complexity index is 459. The van der Waals surface area contributed by atoms with Gasteiger partial charge in [-0.3, -0.25) is 9.48 Å². The highest BCUT2D eigenvalue weighted by Gasteiger charge is 2.28. The largest absolute Gasteiger partial charge is 0.393 e. The standard InChI is InChI=1S/C14H27N3O/c1-7-10(8-2)17-13(18)11(15)12(14(4,5)6)16(17)9-3/h10H,7-9,15H2,1-6H3. The van der Waals surface area contributed by atoms with Crippen molar-refractivity contribution < 1.29 is 0 Å². The van der Waals surface area contributed by atoms with Crippen LogP contribution in [0.1, 0.15) is 66.1 Å². The van der Waals surface area contributed by atoms with Gasteiger partial charge in [-0.15, -0.1) is 0 Å². The lowest BCUT2D eigenvalue weighted by Crippen LogP contribution is -2.29. The number of nitrogen functional groups attached to an aromatic ring is 1. The van der Waals surface area contributed by atoms with Crippen LogP contribution in [-0.2, 0) is 12.0 Å². The van der Waals surface area contributed by atoms with Gasteiger partial charge in [0.2, 0.25) is 0 Å². The molecule has 1 aromatic heterocycles. The van der Waals surface area contributed by atoms with Gasteiger partial charge < -0.3 is 5.73 Å².